The second kappa shape index (κ2) is 7.98. The van der Waals surface area contributed by atoms with Gasteiger partial charge < -0.3 is 9.80 Å². The first-order valence-corrected chi connectivity index (χ1v) is 10.7. The van der Waals surface area contributed by atoms with Crippen molar-refractivity contribution in [1.29, 1.82) is 0 Å². The van der Waals surface area contributed by atoms with Crippen LogP contribution in [-0.2, 0) is 0 Å². The van der Waals surface area contributed by atoms with Crippen molar-refractivity contribution in [2.45, 2.75) is 0 Å². The highest BCUT2D eigenvalue weighted by Gasteiger charge is 2.28. The monoisotopic (exact) mass is 435 g/mol. The Labute approximate surface area is 174 Å². The average molecular weight is 436 g/mol. The molecule has 0 bridgehead atoms. The number of aromatic nitrogens is 1. The summed E-state index contributed by atoms with van der Waals surface area (Å²) >= 11 is 8.89. The zero-order chi connectivity index (χ0) is 19.7. The Balaban J connectivity index is 1.40. The van der Waals surface area contributed by atoms with E-state index in [2.05, 4.69) is 4.98 Å². The van der Waals surface area contributed by atoms with E-state index in [1.807, 2.05) is 17.5 Å². The van der Waals surface area contributed by atoms with Gasteiger partial charge in [-0.1, -0.05) is 17.7 Å². The molecule has 0 radical (unpaired) electrons. The first kappa shape index (κ1) is 19.0. The maximum Gasteiger partial charge on any atom is 0.273 e. The normalized spacial score (nSPS) is 14.4. The van der Waals surface area contributed by atoms with Crippen LogP contribution < -0.4 is 0 Å². The zero-order valence-corrected chi connectivity index (χ0v) is 17.0. The molecule has 1 aliphatic heterocycles. The van der Waals surface area contributed by atoms with E-state index in [1.54, 1.807) is 21.6 Å². The highest BCUT2D eigenvalue weighted by atomic mass is 35.5. The quantitative estimate of drug-likeness (QED) is 0.617. The summed E-state index contributed by atoms with van der Waals surface area (Å²) in [5.74, 6) is -1.17. The fourth-order valence-electron chi connectivity index (χ4n) is 2.99. The lowest BCUT2D eigenvalue weighted by molar-refractivity contribution is 0.0530. The lowest BCUT2D eigenvalue weighted by Gasteiger charge is -2.34. The van der Waals surface area contributed by atoms with Gasteiger partial charge in [-0.15, -0.1) is 22.7 Å². The van der Waals surface area contributed by atoms with Crippen LogP contribution in [0.15, 0.2) is 41.1 Å². The predicted octanol–water partition coefficient (Wildman–Crippen LogP) is 4.26. The molecule has 9 heteroatoms. The van der Waals surface area contributed by atoms with E-state index in [0.29, 0.717) is 36.9 Å². The summed E-state index contributed by atoms with van der Waals surface area (Å²) in [6, 6.07) is 7.84. The Hall–Kier alpha value is -2.29. The van der Waals surface area contributed by atoms with Gasteiger partial charge in [0.05, 0.1) is 10.4 Å². The van der Waals surface area contributed by atoms with E-state index in [9.17, 15) is 14.0 Å². The molecule has 1 aromatic carbocycles. The Bertz CT molecular complexity index is 1010. The number of benzene rings is 1. The van der Waals surface area contributed by atoms with Crippen LogP contribution in [0.5, 0.6) is 0 Å². The minimum atomic E-state index is -0.600. The summed E-state index contributed by atoms with van der Waals surface area (Å²) in [6.45, 7) is 1.41. The molecule has 5 nitrogen and oxygen atoms in total. The van der Waals surface area contributed by atoms with Crippen LogP contribution in [0.25, 0.3) is 9.88 Å². The molecule has 0 N–H and O–H groups in total. The third kappa shape index (κ3) is 3.80. The van der Waals surface area contributed by atoms with Crippen molar-refractivity contribution in [3.05, 3.63) is 63.2 Å². The third-order valence-electron chi connectivity index (χ3n) is 4.47. The first-order valence-electron chi connectivity index (χ1n) is 8.56. The number of hydrogen-bond acceptors (Lipinski definition) is 5. The van der Waals surface area contributed by atoms with Crippen molar-refractivity contribution in [2.24, 2.45) is 0 Å². The summed E-state index contributed by atoms with van der Waals surface area (Å²) in [5, 5.41) is 4.86. The minimum Gasteiger partial charge on any atom is -0.335 e. The topological polar surface area (TPSA) is 53.5 Å². The van der Waals surface area contributed by atoms with Crippen molar-refractivity contribution in [2.75, 3.05) is 26.2 Å². The minimum absolute atomic E-state index is 0.0487. The molecular formula is C19H15ClFN3O2S2. The number of carbonyl (C=O) groups is 2. The van der Waals surface area contributed by atoms with Gasteiger partial charge in [0.25, 0.3) is 11.8 Å². The third-order valence-corrected chi connectivity index (χ3v) is 6.58. The fraction of sp³-hybridized carbons (Fsp3) is 0.211. The van der Waals surface area contributed by atoms with Gasteiger partial charge in [-0.2, -0.15) is 0 Å². The van der Waals surface area contributed by atoms with Gasteiger partial charge in [-0.05, 0) is 29.6 Å². The summed E-state index contributed by atoms with van der Waals surface area (Å²) < 4.78 is 13.9. The van der Waals surface area contributed by atoms with Crippen LogP contribution in [0.2, 0.25) is 5.02 Å². The Morgan fingerprint density at radius 3 is 2.43 bits per heavy atom. The summed E-state index contributed by atoms with van der Waals surface area (Å²) in [6.07, 6.45) is 0. The highest BCUT2D eigenvalue weighted by Crippen LogP contribution is 2.28. The number of piperazine rings is 1. The van der Waals surface area contributed by atoms with E-state index in [4.69, 9.17) is 11.6 Å². The van der Waals surface area contributed by atoms with E-state index in [-0.39, 0.29) is 11.5 Å². The summed E-state index contributed by atoms with van der Waals surface area (Å²) in [4.78, 5) is 34.0. The molecule has 144 valence electrons. The van der Waals surface area contributed by atoms with Crippen LogP contribution in [0.3, 0.4) is 0 Å². The second-order valence-electron chi connectivity index (χ2n) is 6.22. The van der Waals surface area contributed by atoms with Crippen molar-refractivity contribution < 1.29 is 14.0 Å². The molecule has 3 aromatic rings. The fourth-order valence-corrected chi connectivity index (χ4v) is 4.77. The predicted molar refractivity (Wildman–Crippen MR) is 109 cm³/mol. The van der Waals surface area contributed by atoms with Crippen molar-refractivity contribution in [3.63, 3.8) is 0 Å². The van der Waals surface area contributed by atoms with Crippen molar-refractivity contribution >= 4 is 46.1 Å². The Morgan fingerprint density at radius 1 is 1.04 bits per heavy atom. The van der Waals surface area contributed by atoms with Gasteiger partial charge in [0.15, 0.2) is 0 Å². The van der Waals surface area contributed by atoms with Crippen LogP contribution in [-0.4, -0.2) is 52.8 Å². The molecule has 1 saturated heterocycles. The van der Waals surface area contributed by atoms with E-state index >= 15 is 0 Å². The highest BCUT2D eigenvalue weighted by molar-refractivity contribution is 7.20. The lowest BCUT2D eigenvalue weighted by Crippen LogP contribution is -2.50. The van der Waals surface area contributed by atoms with Gasteiger partial charge >= 0.3 is 0 Å². The van der Waals surface area contributed by atoms with Gasteiger partial charge in [-0.3, -0.25) is 9.59 Å². The molecule has 0 saturated carbocycles. The van der Waals surface area contributed by atoms with Gasteiger partial charge in [0.2, 0.25) is 0 Å². The van der Waals surface area contributed by atoms with Gasteiger partial charge in [-0.25, -0.2) is 9.37 Å². The maximum atomic E-state index is 13.9. The standard InChI is InChI=1S/C19H15ClFN3O2S2/c20-12-3-4-14(21)13(10-12)18(25)23-5-7-24(8-6-23)19(26)15-11-28-17(22-15)16-2-1-9-27-16/h1-4,9-11H,5-8H2. The van der Waals surface area contributed by atoms with Crippen LogP contribution in [0.4, 0.5) is 4.39 Å². The van der Waals surface area contributed by atoms with E-state index in [1.165, 1.54) is 34.4 Å². The Kier molecular flexibility index (Phi) is 5.43. The number of rotatable bonds is 3. The number of amides is 2. The molecule has 0 spiro atoms. The number of thiazole rings is 1. The molecular weight excluding hydrogens is 421 g/mol. The number of hydrogen-bond donors (Lipinski definition) is 0. The van der Waals surface area contributed by atoms with Gasteiger partial charge in [0, 0.05) is 36.6 Å². The van der Waals surface area contributed by atoms with Gasteiger partial charge in [0.1, 0.15) is 16.5 Å². The molecule has 28 heavy (non-hydrogen) atoms. The zero-order valence-electron chi connectivity index (χ0n) is 14.6. The molecule has 2 aromatic heterocycles. The molecule has 3 heterocycles. The lowest BCUT2D eigenvalue weighted by atomic mass is 10.1. The molecule has 1 aliphatic rings. The largest absolute Gasteiger partial charge is 0.335 e. The Morgan fingerprint density at radius 2 is 1.75 bits per heavy atom. The number of carbonyl (C=O) groups excluding carboxylic acids is 2. The van der Waals surface area contributed by atoms with E-state index < -0.39 is 11.7 Å². The van der Waals surface area contributed by atoms with E-state index in [0.717, 1.165) is 9.88 Å². The molecule has 1 fully saturated rings. The molecule has 0 aliphatic carbocycles. The first-order chi connectivity index (χ1) is 13.5. The summed E-state index contributed by atoms with van der Waals surface area (Å²) in [5.41, 5.74) is 0.362. The number of halogens is 2. The summed E-state index contributed by atoms with van der Waals surface area (Å²) in [7, 11) is 0. The second-order valence-corrected chi connectivity index (χ2v) is 8.47. The van der Waals surface area contributed by atoms with Crippen LogP contribution in [0, 0.1) is 5.82 Å². The van der Waals surface area contributed by atoms with Crippen molar-refractivity contribution in [1.82, 2.24) is 14.8 Å². The molecule has 0 unspecified atom stereocenters. The number of nitrogens with zero attached hydrogens (tertiary/aromatic N) is 3. The average Bonchev–Trinajstić information content (AvgIpc) is 3.40. The molecule has 2 amide bonds. The molecule has 4 rings (SSSR count). The van der Waals surface area contributed by atoms with Crippen molar-refractivity contribution in [3.8, 4) is 9.88 Å². The van der Waals surface area contributed by atoms with Crippen LogP contribution >= 0.6 is 34.3 Å². The smallest absolute Gasteiger partial charge is 0.273 e. The number of thiophene rings is 1. The molecule has 0 atom stereocenters. The SMILES string of the molecule is O=C(c1csc(-c2cccs2)n1)N1CCN(C(=O)c2cc(Cl)ccc2F)CC1. The maximum absolute atomic E-state index is 13.9. The van der Waals surface area contributed by atoms with Crippen LogP contribution in [0.1, 0.15) is 20.8 Å².